The summed E-state index contributed by atoms with van der Waals surface area (Å²) in [6, 6.07) is 12.2. The highest BCUT2D eigenvalue weighted by Gasteiger charge is 2.33. The van der Waals surface area contributed by atoms with Gasteiger partial charge in [0.05, 0.1) is 13.1 Å². The van der Waals surface area contributed by atoms with Gasteiger partial charge < -0.3 is 0 Å². The second-order valence-electron chi connectivity index (χ2n) is 5.63. The fourth-order valence-electron chi connectivity index (χ4n) is 2.81. The van der Waals surface area contributed by atoms with Gasteiger partial charge in [0, 0.05) is 10.7 Å². The first-order valence-electron chi connectivity index (χ1n) is 7.54. The number of rotatable bonds is 3. The normalized spacial score (nSPS) is 13.4. The fraction of sp³-hybridized carbons (Fsp3) is 0.118. The van der Waals surface area contributed by atoms with Crippen molar-refractivity contribution in [2.45, 2.75) is 13.1 Å². The lowest BCUT2D eigenvalue weighted by atomic mass is 10.2. The maximum Gasteiger partial charge on any atom is 0.354 e. The third kappa shape index (κ3) is 2.62. The Kier molecular flexibility index (Phi) is 3.65. The van der Waals surface area contributed by atoms with Gasteiger partial charge in [-0.3, -0.25) is 4.90 Å². The second-order valence-corrected chi connectivity index (χ2v) is 6.04. The minimum absolute atomic E-state index is 0.104. The molecule has 1 aliphatic heterocycles. The Balaban J connectivity index is 1.66. The Morgan fingerprint density at radius 1 is 1.12 bits per heavy atom. The third-order valence-electron chi connectivity index (χ3n) is 4.03. The van der Waals surface area contributed by atoms with Crippen LogP contribution in [-0.4, -0.2) is 20.4 Å². The molecule has 0 saturated heterocycles. The molecule has 0 saturated carbocycles. The third-order valence-corrected chi connectivity index (χ3v) is 4.39. The number of hydrogen-bond donors (Lipinski definition) is 0. The fourth-order valence-corrected chi connectivity index (χ4v) is 3.01. The van der Waals surface area contributed by atoms with Crippen molar-refractivity contribution in [2.24, 2.45) is 0 Å². The molecule has 25 heavy (non-hydrogen) atoms. The van der Waals surface area contributed by atoms with E-state index in [0.717, 1.165) is 10.1 Å². The van der Waals surface area contributed by atoms with Crippen LogP contribution < -0.4 is 10.6 Å². The van der Waals surface area contributed by atoms with Crippen molar-refractivity contribution < 1.29 is 9.18 Å². The van der Waals surface area contributed by atoms with Crippen LogP contribution in [0.1, 0.15) is 11.4 Å². The monoisotopic (exact) mass is 358 g/mol. The van der Waals surface area contributed by atoms with Crippen LogP contribution >= 0.6 is 11.6 Å². The summed E-state index contributed by atoms with van der Waals surface area (Å²) in [6.45, 7) is 0.277. The van der Waals surface area contributed by atoms with E-state index in [2.05, 4.69) is 5.10 Å². The molecular formula is C17H12ClFN4O2. The average Bonchev–Trinajstić information content (AvgIpc) is 3.07. The molecule has 0 atom stereocenters. The summed E-state index contributed by atoms with van der Waals surface area (Å²) < 4.78 is 15.6. The molecule has 6 nitrogen and oxygen atoms in total. The van der Waals surface area contributed by atoms with Crippen molar-refractivity contribution in [3.63, 3.8) is 0 Å². The summed E-state index contributed by atoms with van der Waals surface area (Å²) in [4.78, 5) is 26.4. The molecule has 0 fully saturated rings. The highest BCUT2D eigenvalue weighted by molar-refractivity contribution is 6.31. The summed E-state index contributed by atoms with van der Waals surface area (Å²) in [7, 11) is 0. The number of hydrogen-bond acceptors (Lipinski definition) is 3. The minimum Gasteiger partial charge on any atom is -0.286 e. The highest BCUT2D eigenvalue weighted by atomic mass is 35.5. The number of aromatic nitrogens is 3. The van der Waals surface area contributed by atoms with E-state index in [0.29, 0.717) is 16.5 Å². The molecule has 2 heterocycles. The van der Waals surface area contributed by atoms with E-state index < -0.39 is 17.5 Å². The zero-order valence-electron chi connectivity index (χ0n) is 12.9. The number of fused-ring (bicyclic) bond motifs is 1. The number of anilines is 1. The molecule has 0 spiro atoms. The van der Waals surface area contributed by atoms with Crippen LogP contribution in [0.3, 0.4) is 0 Å². The second kappa shape index (κ2) is 5.86. The molecule has 3 aromatic rings. The SMILES string of the molecule is O=C1N(c2cccc(F)c2)Cc2nn(Cc3ccccc3Cl)c(=O)n21. The van der Waals surface area contributed by atoms with Gasteiger partial charge in [-0.2, -0.15) is 9.67 Å². The van der Waals surface area contributed by atoms with Crippen LogP contribution in [0.15, 0.2) is 53.3 Å². The zero-order valence-corrected chi connectivity index (χ0v) is 13.7. The van der Waals surface area contributed by atoms with E-state index in [-0.39, 0.29) is 13.1 Å². The number of carbonyl (C=O) groups is 1. The van der Waals surface area contributed by atoms with E-state index in [1.165, 1.54) is 27.8 Å². The van der Waals surface area contributed by atoms with Gasteiger partial charge in [0.1, 0.15) is 5.82 Å². The van der Waals surface area contributed by atoms with Crippen molar-refractivity contribution in [3.8, 4) is 0 Å². The Morgan fingerprint density at radius 3 is 2.64 bits per heavy atom. The van der Waals surface area contributed by atoms with Crippen molar-refractivity contribution in [2.75, 3.05) is 4.90 Å². The zero-order chi connectivity index (χ0) is 17.6. The molecule has 1 aliphatic rings. The summed E-state index contributed by atoms with van der Waals surface area (Å²) >= 11 is 6.11. The standard InChI is InChI=1S/C17H12ClFN4O2/c18-14-7-2-1-4-11(14)9-22-17(25)23-15(20-22)10-21(16(23)24)13-6-3-5-12(19)8-13/h1-8H,9-10H2. The van der Waals surface area contributed by atoms with E-state index in [4.69, 9.17) is 11.6 Å². The predicted molar refractivity (Wildman–Crippen MR) is 90.4 cm³/mol. The molecule has 8 heteroatoms. The average molecular weight is 359 g/mol. The van der Waals surface area contributed by atoms with E-state index in [1.54, 1.807) is 24.3 Å². The van der Waals surface area contributed by atoms with Crippen LogP contribution in [0.2, 0.25) is 5.02 Å². The van der Waals surface area contributed by atoms with E-state index in [9.17, 15) is 14.0 Å². The molecule has 0 N–H and O–H groups in total. The van der Waals surface area contributed by atoms with Gasteiger partial charge in [0.15, 0.2) is 5.82 Å². The Labute approximate surface area is 146 Å². The Morgan fingerprint density at radius 2 is 1.92 bits per heavy atom. The van der Waals surface area contributed by atoms with Crippen molar-refractivity contribution in [1.82, 2.24) is 14.3 Å². The Bertz CT molecular complexity index is 1040. The topological polar surface area (TPSA) is 60.1 Å². The highest BCUT2D eigenvalue weighted by Crippen LogP contribution is 2.23. The van der Waals surface area contributed by atoms with Crippen molar-refractivity contribution in [1.29, 1.82) is 0 Å². The van der Waals surface area contributed by atoms with Crippen LogP contribution in [0.4, 0.5) is 14.9 Å². The number of benzene rings is 2. The largest absolute Gasteiger partial charge is 0.354 e. The van der Waals surface area contributed by atoms with Gasteiger partial charge in [-0.15, -0.1) is 0 Å². The lowest BCUT2D eigenvalue weighted by molar-refractivity contribution is 0.250. The van der Waals surface area contributed by atoms with Gasteiger partial charge >= 0.3 is 11.7 Å². The predicted octanol–water partition coefficient (Wildman–Crippen LogP) is 2.87. The number of carbonyl (C=O) groups excluding carboxylic acids is 1. The van der Waals surface area contributed by atoms with Gasteiger partial charge in [0.25, 0.3) is 0 Å². The maximum absolute atomic E-state index is 13.4. The lowest BCUT2D eigenvalue weighted by Crippen LogP contribution is -2.35. The number of amides is 1. The number of nitrogens with zero attached hydrogens (tertiary/aromatic N) is 4. The molecule has 2 aromatic carbocycles. The van der Waals surface area contributed by atoms with E-state index >= 15 is 0 Å². The van der Waals surface area contributed by atoms with Gasteiger partial charge in [-0.05, 0) is 29.8 Å². The maximum atomic E-state index is 13.4. The van der Waals surface area contributed by atoms with Crippen molar-refractivity contribution >= 4 is 23.3 Å². The van der Waals surface area contributed by atoms with Gasteiger partial charge in [0.2, 0.25) is 0 Å². The molecule has 126 valence electrons. The first-order valence-corrected chi connectivity index (χ1v) is 7.92. The quantitative estimate of drug-likeness (QED) is 0.723. The first kappa shape index (κ1) is 15.6. The summed E-state index contributed by atoms with van der Waals surface area (Å²) in [5.41, 5.74) is 0.573. The first-order chi connectivity index (χ1) is 12.0. The summed E-state index contributed by atoms with van der Waals surface area (Å²) in [5, 5.41) is 4.75. The molecule has 4 rings (SSSR count). The molecular weight excluding hydrogens is 347 g/mol. The van der Waals surface area contributed by atoms with Crippen LogP contribution in [0.25, 0.3) is 0 Å². The molecule has 1 amide bonds. The van der Waals surface area contributed by atoms with Crippen LogP contribution in [-0.2, 0) is 13.1 Å². The Hall–Kier alpha value is -2.93. The molecule has 0 unspecified atom stereocenters. The minimum atomic E-state index is -0.545. The molecule has 0 radical (unpaired) electrons. The van der Waals surface area contributed by atoms with Crippen LogP contribution in [0, 0.1) is 5.82 Å². The van der Waals surface area contributed by atoms with Crippen molar-refractivity contribution in [3.05, 3.63) is 81.2 Å². The van der Waals surface area contributed by atoms with E-state index in [1.807, 2.05) is 6.07 Å². The molecule has 0 bridgehead atoms. The smallest absolute Gasteiger partial charge is 0.286 e. The van der Waals surface area contributed by atoms with Gasteiger partial charge in [-0.1, -0.05) is 35.9 Å². The summed E-state index contributed by atoms with van der Waals surface area (Å²) in [5.74, 6) is -0.141. The number of halogens is 2. The summed E-state index contributed by atoms with van der Waals surface area (Å²) in [6.07, 6.45) is 0. The van der Waals surface area contributed by atoms with Crippen LogP contribution in [0.5, 0.6) is 0 Å². The molecule has 1 aromatic heterocycles. The lowest BCUT2D eigenvalue weighted by Gasteiger charge is -2.14. The molecule has 0 aliphatic carbocycles. The van der Waals surface area contributed by atoms with Gasteiger partial charge in [-0.25, -0.2) is 18.7 Å².